The lowest BCUT2D eigenvalue weighted by Gasteiger charge is -2.35. The summed E-state index contributed by atoms with van der Waals surface area (Å²) in [5, 5.41) is 3.03. The van der Waals surface area contributed by atoms with Crippen LogP contribution in [0.1, 0.15) is 33.6 Å². The lowest BCUT2D eigenvalue weighted by molar-refractivity contribution is 0.134. The summed E-state index contributed by atoms with van der Waals surface area (Å²) < 4.78 is 0. The highest BCUT2D eigenvalue weighted by Gasteiger charge is 2.27. The number of hydrogen-bond acceptors (Lipinski definition) is 2. The third kappa shape index (κ3) is 4.48. The largest absolute Gasteiger partial charge is 0.337 e. The van der Waals surface area contributed by atoms with E-state index in [9.17, 15) is 4.79 Å². The SMILES string of the molecule is CC(C)(C)CNC(=O)N1CCN(CC2CC2)CC1. The molecule has 104 valence electrons. The van der Waals surface area contributed by atoms with Crippen LogP contribution in [0.3, 0.4) is 0 Å². The van der Waals surface area contributed by atoms with Crippen molar-refractivity contribution in [3.63, 3.8) is 0 Å². The first-order chi connectivity index (χ1) is 8.44. The van der Waals surface area contributed by atoms with Gasteiger partial charge in [0, 0.05) is 39.3 Å². The zero-order chi connectivity index (χ0) is 13.2. The smallest absolute Gasteiger partial charge is 0.317 e. The number of urea groups is 1. The number of nitrogens with one attached hydrogen (secondary N) is 1. The van der Waals surface area contributed by atoms with E-state index in [1.807, 2.05) is 4.90 Å². The summed E-state index contributed by atoms with van der Waals surface area (Å²) in [7, 11) is 0. The Bertz CT molecular complexity index is 286. The lowest BCUT2D eigenvalue weighted by atomic mass is 9.97. The Morgan fingerprint density at radius 2 is 1.78 bits per heavy atom. The van der Waals surface area contributed by atoms with E-state index in [0.717, 1.165) is 38.6 Å². The van der Waals surface area contributed by atoms with Crippen LogP contribution in [0.15, 0.2) is 0 Å². The minimum absolute atomic E-state index is 0.107. The molecule has 0 aromatic carbocycles. The monoisotopic (exact) mass is 253 g/mol. The molecular formula is C14H27N3O. The number of nitrogens with zero attached hydrogens (tertiary/aromatic N) is 2. The van der Waals surface area contributed by atoms with Crippen LogP contribution in [0.2, 0.25) is 0 Å². The Balaban J connectivity index is 1.66. The second-order valence-corrected chi connectivity index (χ2v) is 6.95. The van der Waals surface area contributed by atoms with Gasteiger partial charge in [0.15, 0.2) is 0 Å². The predicted octanol–water partition coefficient (Wildman–Crippen LogP) is 1.77. The average molecular weight is 253 g/mol. The first-order valence-corrected chi connectivity index (χ1v) is 7.19. The Labute approximate surface area is 111 Å². The fourth-order valence-corrected chi connectivity index (χ4v) is 2.25. The molecule has 0 unspecified atom stereocenters. The minimum atomic E-state index is 0.107. The van der Waals surface area contributed by atoms with E-state index < -0.39 is 0 Å². The molecule has 2 aliphatic rings. The number of carbonyl (C=O) groups is 1. The standard InChI is InChI=1S/C14H27N3O/c1-14(2,3)11-15-13(18)17-8-6-16(7-9-17)10-12-4-5-12/h12H,4-11H2,1-3H3,(H,15,18). The van der Waals surface area contributed by atoms with Crippen molar-refractivity contribution in [3.8, 4) is 0 Å². The molecule has 2 amide bonds. The summed E-state index contributed by atoms with van der Waals surface area (Å²) in [4.78, 5) is 16.4. The van der Waals surface area contributed by atoms with E-state index in [2.05, 4.69) is 31.0 Å². The van der Waals surface area contributed by atoms with Gasteiger partial charge >= 0.3 is 6.03 Å². The second-order valence-electron chi connectivity index (χ2n) is 6.95. The van der Waals surface area contributed by atoms with Crippen molar-refractivity contribution >= 4 is 6.03 Å². The quantitative estimate of drug-likeness (QED) is 0.832. The van der Waals surface area contributed by atoms with E-state index in [0.29, 0.717) is 0 Å². The lowest BCUT2D eigenvalue weighted by Crippen LogP contribution is -2.52. The van der Waals surface area contributed by atoms with Crippen LogP contribution in [0.5, 0.6) is 0 Å². The van der Waals surface area contributed by atoms with Gasteiger partial charge in [-0.1, -0.05) is 20.8 Å². The van der Waals surface area contributed by atoms with Crippen LogP contribution >= 0.6 is 0 Å². The third-order valence-electron chi connectivity index (χ3n) is 3.64. The highest BCUT2D eigenvalue weighted by Crippen LogP contribution is 2.29. The first-order valence-electron chi connectivity index (χ1n) is 7.19. The molecule has 1 aliphatic heterocycles. The average Bonchev–Trinajstić information content (AvgIpc) is 3.10. The number of carbonyl (C=O) groups excluding carboxylic acids is 1. The van der Waals surface area contributed by atoms with Crippen molar-refractivity contribution in [2.24, 2.45) is 11.3 Å². The van der Waals surface area contributed by atoms with E-state index in [-0.39, 0.29) is 11.4 Å². The van der Waals surface area contributed by atoms with Crippen LogP contribution in [-0.2, 0) is 0 Å². The Morgan fingerprint density at radius 1 is 1.17 bits per heavy atom. The number of rotatable bonds is 3. The molecule has 2 rings (SSSR count). The molecule has 0 aromatic heterocycles. The van der Waals surface area contributed by atoms with Gasteiger partial charge in [-0.25, -0.2) is 4.79 Å². The summed E-state index contributed by atoms with van der Waals surface area (Å²) in [5.41, 5.74) is 0.156. The maximum absolute atomic E-state index is 12.0. The summed E-state index contributed by atoms with van der Waals surface area (Å²) in [6.07, 6.45) is 2.82. The summed E-state index contributed by atoms with van der Waals surface area (Å²) in [6, 6.07) is 0.107. The Kier molecular flexibility index (Phi) is 4.15. The van der Waals surface area contributed by atoms with Gasteiger partial charge in [-0.15, -0.1) is 0 Å². The van der Waals surface area contributed by atoms with Crippen molar-refractivity contribution < 1.29 is 4.79 Å². The molecule has 1 N–H and O–H groups in total. The van der Waals surface area contributed by atoms with Crippen molar-refractivity contribution in [2.75, 3.05) is 39.3 Å². The molecule has 4 heteroatoms. The molecule has 1 heterocycles. The molecule has 1 saturated heterocycles. The molecule has 0 radical (unpaired) electrons. The van der Waals surface area contributed by atoms with Crippen LogP contribution in [-0.4, -0.2) is 55.1 Å². The van der Waals surface area contributed by atoms with E-state index >= 15 is 0 Å². The fourth-order valence-electron chi connectivity index (χ4n) is 2.25. The molecule has 2 fully saturated rings. The van der Waals surface area contributed by atoms with Gasteiger partial charge in [-0.3, -0.25) is 4.90 Å². The van der Waals surface area contributed by atoms with E-state index in [1.165, 1.54) is 19.4 Å². The second kappa shape index (κ2) is 5.47. The molecule has 18 heavy (non-hydrogen) atoms. The normalized spacial score (nSPS) is 22.1. The van der Waals surface area contributed by atoms with Crippen molar-refractivity contribution in [1.29, 1.82) is 0 Å². The van der Waals surface area contributed by atoms with Crippen LogP contribution in [0, 0.1) is 11.3 Å². The highest BCUT2D eigenvalue weighted by molar-refractivity contribution is 5.74. The van der Waals surface area contributed by atoms with Gasteiger partial charge < -0.3 is 10.2 Å². The molecular weight excluding hydrogens is 226 g/mol. The topological polar surface area (TPSA) is 35.6 Å². The molecule has 1 aliphatic carbocycles. The summed E-state index contributed by atoms with van der Waals surface area (Å²) >= 11 is 0. The molecule has 0 spiro atoms. The molecule has 0 aromatic rings. The van der Waals surface area contributed by atoms with Crippen LogP contribution in [0.25, 0.3) is 0 Å². The van der Waals surface area contributed by atoms with Crippen LogP contribution < -0.4 is 5.32 Å². The number of piperazine rings is 1. The third-order valence-corrected chi connectivity index (χ3v) is 3.64. The Hall–Kier alpha value is -0.770. The maximum atomic E-state index is 12.0. The highest BCUT2D eigenvalue weighted by atomic mass is 16.2. The molecule has 1 saturated carbocycles. The van der Waals surface area contributed by atoms with Gasteiger partial charge in [0.05, 0.1) is 0 Å². The van der Waals surface area contributed by atoms with Gasteiger partial charge in [-0.2, -0.15) is 0 Å². The van der Waals surface area contributed by atoms with Crippen molar-refractivity contribution in [3.05, 3.63) is 0 Å². The summed E-state index contributed by atoms with van der Waals surface area (Å²) in [6.45, 7) is 12.2. The molecule has 0 bridgehead atoms. The van der Waals surface area contributed by atoms with Gasteiger partial charge in [0.2, 0.25) is 0 Å². The number of amides is 2. The summed E-state index contributed by atoms with van der Waals surface area (Å²) in [5.74, 6) is 0.950. The van der Waals surface area contributed by atoms with E-state index in [4.69, 9.17) is 0 Å². The zero-order valence-corrected chi connectivity index (χ0v) is 12.0. The van der Waals surface area contributed by atoms with E-state index in [1.54, 1.807) is 0 Å². The zero-order valence-electron chi connectivity index (χ0n) is 12.0. The molecule has 4 nitrogen and oxygen atoms in total. The van der Waals surface area contributed by atoms with Crippen LogP contribution in [0.4, 0.5) is 4.79 Å². The van der Waals surface area contributed by atoms with Gasteiger partial charge in [0.1, 0.15) is 0 Å². The first kappa shape index (κ1) is 13.7. The predicted molar refractivity (Wildman–Crippen MR) is 73.6 cm³/mol. The number of hydrogen-bond donors (Lipinski definition) is 1. The minimum Gasteiger partial charge on any atom is -0.337 e. The maximum Gasteiger partial charge on any atom is 0.317 e. The van der Waals surface area contributed by atoms with Crippen molar-refractivity contribution in [2.45, 2.75) is 33.6 Å². The van der Waals surface area contributed by atoms with Gasteiger partial charge in [0.25, 0.3) is 0 Å². The fraction of sp³-hybridized carbons (Fsp3) is 0.929. The van der Waals surface area contributed by atoms with Gasteiger partial charge in [-0.05, 0) is 24.2 Å². The van der Waals surface area contributed by atoms with Crippen molar-refractivity contribution in [1.82, 2.24) is 15.1 Å². The Morgan fingerprint density at radius 3 is 2.28 bits per heavy atom. The molecule has 0 atom stereocenters.